The number of nitriles is 4. The van der Waals surface area contributed by atoms with Crippen LogP contribution in [0.3, 0.4) is 0 Å². The monoisotopic (exact) mass is 848 g/mol. The van der Waals surface area contributed by atoms with E-state index in [0.29, 0.717) is 33.9 Å². The van der Waals surface area contributed by atoms with E-state index in [1.54, 1.807) is 70.4 Å². The van der Waals surface area contributed by atoms with E-state index < -0.39 is 16.8 Å². The molecule has 4 N–H and O–H groups in total. The van der Waals surface area contributed by atoms with Crippen molar-refractivity contribution in [2.45, 2.75) is 52.4 Å². The number of benzene rings is 2. The average molecular weight is 850 g/mol. The van der Waals surface area contributed by atoms with Gasteiger partial charge in [0.2, 0.25) is 0 Å². The normalized spacial score (nSPS) is 10.5. The number of hydrogen-bond acceptors (Lipinski definition) is 11. The maximum Gasteiger partial charge on any atom is 0.335 e. The van der Waals surface area contributed by atoms with Crippen LogP contribution in [0.15, 0.2) is 97.6 Å². The third-order valence-corrected chi connectivity index (χ3v) is 9.77. The maximum absolute atomic E-state index is 12.8. The molecule has 0 fully saturated rings. The highest BCUT2D eigenvalue weighted by molar-refractivity contribution is 6.30. The van der Waals surface area contributed by atoms with Gasteiger partial charge < -0.3 is 16.2 Å². The van der Waals surface area contributed by atoms with Gasteiger partial charge in [0, 0.05) is 52.9 Å². The molecular weight excluding hydrogens is 811 g/mol. The van der Waals surface area contributed by atoms with E-state index >= 15 is 0 Å². The molecular formula is C46H38Cl2N10O3. The minimum Gasteiger partial charge on any atom is -0.478 e. The molecule has 0 bridgehead atoms. The van der Waals surface area contributed by atoms with Crippen molar-refractivity contribution in [2.24, 2.45) is 0 Å². The molecule has 0 aliphatic rings. The molecule has 304 valence electrons. The zero-order valence-corrected chi connectivity index (χ0v) is 35.4. The Morgan fingerprint density at radius 1 is 0.656 bits per heavy atom. The van der Waals surface area contributed by atoms with E-state index in [0.717, 1.165) is 33.4 Å². The number of anilines is 2. The Morgan fingerprint density at radius 3 is 1.59 bits per heavy atom. The van der Waals surface area contributed by atoms with Gasteiger partial charge in [-0.05, 0) is 124 Å². The smallest absolute Gasteiger partial charge is 0.335 e. The van der Waals surface area contributed by atoms with E-state index in [-0.39, 0.29) is 27.3 Å². The number of nitrogens with one attached hydrogen (secondary N) is 1. The number of nitrogens with two attached hydrogens (primary N) is 1. The van der Waals surface area contributed by atoms with Crippen LogP contribution in [0.5, 0.6) is 0 Å². The highest BCUT2D eigenvalue weighted by Gasteiger charge is 2.24. The van der Waals surface area contributed by atoms with Gasteiger partial charge in [0.15, 0.2) is 0 Å². The Labute approximate surface area is 363 Å². The van der Waals surface area contributed by atoms with Crippen LogP contribution < -0.4 is 11.1 Å². The van der Waals surface area contributed by atoms with Crippen molar-refractivity contribution in [2.75, 3.05) is 11.1 Å². The number of pyridine rings is 4. The van der Waals surface area contributed by atoms with Crippen LogP contribution in [0.2, 0.25) is 10.3 Å². The molecule has 61 heavy (non-hydrogen) atoms. The summed E-state index contributed by atoms with van der Waals surface area (Å²) in [6.07, 6.45) is 6.16. The summed E-state index contributed by atoms with van der Waals surface area (Å²) in [7, 11) is 0. The molecule has 6 aromatic rings. The molecule has 1 amide bonds. The van der Waals surface area contributed by atoms with Crippen LogP contribution in [0.25, 0.3) is 22.3 Å². The fourth-order valence-electron chi connectivity index (χ4n) is 5.45. The van der Waals surface area contributed by atoms with Crippen LogP contribution in [-0.2, 0) is 10.8 Å². The number of carbonyl (C=O) groups excluding carboxylic acids is 1. The molecule has 0 unspecified atom stereocenters. The number of rotatable bonds is 7. The SMILES string of the molecule is CC(C)(C#N)c1cc(C(=O)O)ccn1.Cc1ccc(N)cc1-c1cnc(Cl)c(C#N)c1.Cc1ccc(NC(=O)c2ccnc(C(C)(C)C#N)c2)cc1-c1cnc(Cl)c(C#N)c1. The van der Waals surface area contributed by atoms with Gasteiger partial charge in [0.05, 0.1) is 51.0 Å². The summed E-state index contributed by atoms with van der Waals surface area (Å²) in [5, 5.41) is 48.2. The number of nitrogens with zero attached hydrogens (tertiary/aromatic N) is 8. The number of aromatic nitrogens is 4. The third kappa shape index (κ3) is 11.7. The van der Waals surface area contributed by atoms with Gasteiger partial charge in [-0.2, -0.15) is 21.0 Å². The van der Waals surface area contributed by atoms with Crippen LogP contribution in [0.4, 0.5) is 11.4 Å². The first-order chi connectivity index (χ1) is 28.8. The number of hydrogen-bond donors (Lipinski definition) is 3. The number of carboxylic acids is 1. The average Bonchev–Trinajstić information content (AvgIpc) is 3.26. The highest BCUT2D eigenvalue weighted by atomic mass is 35.5. The predicted octanol–water partition coefficient (Wildman–Crippen LogP) is 9.78. The lowest BCUT2D eigenvalue weighted by Crippen LogP contribution is -2.18. The van der Waals surface area contributed by atoms with Crippen molar-refractivity contribution >= 4 is 46.5 Å². The molecule has 0 aliphatic carbocycles. The molecule has 4 heterocycles. The first-order valence-electron chi connectivity index (χ1n) is 18.2. The number of carbonyl (C=O) groups is 2. The van der Waals surface area contributed by atoms with E-state index in [9.17, 15) is 20.1 Å². The summed E-state index contributed by atoms with van der Waals surface area (Å²) < 4.78 is 0. The van der Waals surface area contributed by atoms with Crippen LogP contribution in [-0.4, -0.2) is 36.9 Å². The van der Waals surface area contributed by atoms with Crippen molar-refractivity contribution in [1.82, 2.24) is 19.9 Å². The number of aryl methyl sites for hydroxylation is 2. The predicted molar refractivity (Wildman–Crippen MR) is 233 cm³/mol. The summed E-state index contributed by atoms with van der Waals surface area (Å²) in [4.78, 5) is 39.7. The second kappa shape index (κ2) is 19.8. The molecule has 0 saturated carbocycles. The number of amides is 1. The van der Waals surface area contributed by atoms with Crippen molar-refractivity contribution in [1.29, 1.82) is 21.0 Å². The van der Waals surface area contributed by atoms with Gasteiger partial charge in [-0.25, -0.2) is 14.8 Å². The van der Waals surface area contributed by atoms with Crippen molar-refractivity contribution in [3.05, 3.63) is 153 Å². The van der Waals surface area contributed by atoms with Crippen LogP contribution in [0.1, 0.15) is 82.1 Å². The van der Waals surface area contributed by atoms with E-state index in [1.807, 2.05) is 56.3 Å². The molecule has 15 heteroatoms. The highest BCUT2D eigenvalue weighted by Crippen LogP contribution is 2.30. The third-order valence-electron chi connectivity index (χ3n) is 9.17. The van der Waals surface area contributed by atoms with E-state index in [4.69, 9.17) is 44.6 Å². The lowest BCUT2D eigenvalue weighted by Gasteiger charge is -2.15. The Balaban J connectivity index is 0.000000223. The van der Waals surface area contributed by atoms with Gasteiger partial charge in [0.25, 0.3) is 5.91 Å². The zero-order chi connectivity index (χ0) is 45.1. The molecule has 13 nitrogen and oxygen atoms in total. The second-order valence-electron chi connectivity index (χ2n) is 14.5. The van der Waals surface area contributed by atoms with Gasteiger partial charge >= 0.3 is 5.97 Å². The fourth-order valence-corrected chi connectivity index (χ4v) is 5.74. The standard InChI is InChI=1S/C23H18ClN5O.C13H10ClN3.C10H10N2O2/c1-14-4-5-18(10-19(14)17-8-16(11-25)21(24)28-12-17)29-22(30)15-6-7-27-20(9-15)23(2,3)13-26;1-8-2-3-11(16)5-12(8)10-4-9(6-15)13(14)17-7-10;1-10(2,6-11)8-5-7(9(13)14)3-4-12-8/h4-10,12H,1-3H3,(H,29,30);2-5,7H,16H2,1H3;3-5H,1-2H3,(H,13,14). The van der Waals surface area contributed by atoms with Crippen molar-refractivity contribution in [3.8, 4) is 46.5 Å². The molecule has 0 atom stereocenters. The molecule has 0 aliphatic heterocycles. The molecule has 0 spiro atoms. The largest absolute Gasteiger partial charge is 0.478 e. The fraction of sp³-hybridized carbons (Fsp3) is 0.174. The minimum atomic E-state index is -1.01. The van der Waals surface area contributed by atoms with Gasteiger partial charge in [-0.3, -0.25) is 14.8 Å². The summed E-state index contributed by atoms with van der Waals surface area (Å²) >= 11 is 11.7. The summed E-state index contributed by atoms with van der Waals surface area (Å²) in [5.74, 6) is -1.32. The molecule has 0 radical (unpaired) electrons. The maximum atomic E-state index is 12.8. The summed E-state index contributed by atoms with van der Waals surface area (Å²) in [6.45, 7) is 10.8. The van der Waals surface area contributed by atoms with Crippen LogP contribution in [0, 0.1) is 59.2 Å². The first kappa shape index (κ1) is 46.0. The Bertz CT molecular complexity index is 2810. The van der Waals surface area contributed by atoms with Gasteiger partial charge in [0.1, 0.15) is 22.4 Å². The van der Waals surface area contributed by atoms with Gasteiger partial charge in [-0.1, -0.05) is 35.3 Å². The molecule has 4 aromatic heterocycles. The number of aromatic carboxylic acids is 1. The zero-order valence-electron chi connectivity index (χ0n) is 33.9. The Hall–Kier alpha value is -7.68. The lowest BCUT2D eigenvalue weighted by atomic mass is 9.90. The minimum absolute atomic E-state index is 0.150. The van der Waals surface area contributed by atoms with Crippen molar-refractivity contribution in [3.63, 3.8) is 0 Å². The summed E-state index contributed by atoms with van der Waals surface area (Å²) in [6, 6.07) is 28.9. The van der Waals surface area contributed by atoms with E-state index in [2.05, 4.69) is 37.4 Å². The molecule has 2 aromatic carbocycles. The Kier molecular flexibility index (Phi) is 15.0. The quantitative estimate of drug-likeness (QED) is 0.100. The number of nitrogen functional groups attached to an aromatic ring is 1. The van der Waals surface area contributed by atoms with E-state index in [1.165, 1.54) is 24.5 Å². The summed E-state index contributed by atoms with van der Waals surface area (Å²) in [5.41, 5.74) is 13.1. The van der Waals surface area contributed by atoms with Crippen LogP contribution >= 0.6 is 23.2 Å². The Morgan fingerprint density at radius 2 is 1.11 bits per heavy atom. The topological polar surface area (TPSA) is 239 Å². The number of halogens is 2. The second-order valence-corrected chi connectivity index (χ2v) is 15.3. The molecule has 6 rings (SSSR count). The van der Waals surface area contributed by atoms with Crippen molar-refractivity contribution < 1.29 is 14.7 Å². The first-order valence-corrected chi connectivity index (χ1v) is 19.0. The van der Waals surface area contributed by atoms with Gasteiger partial charge in [-0.15, -0.1) is 0 Å². The molecule has 0 saturated heterocycles. The number of carboxylic acid groups (broad SMARTS) is 1. The lowest BCUT2D eigenvalue weighted by molar-refractivity contribution is 0.0696.